The average molecular weight is 973 g/mol. The number of para-hydroxylation sites is 1. The zero-order chi connectivity index (χ0) is 47.5. The minimum Gasteiger partial charge on any atom is -0.489 e. The van der Waals surface area contributed by atoms with Crippen molar-refractivity contribution in [3.8, 4) is 17.2 Å². The van der Waals surface area contributed by atoms with E-state index in [2.05, 4.69) is 4.90 Å². The number of hydrogen-bond donors (Lipinski definition) is 2. The Bertz CT molecular complexity index is 2580. The van der Waals surface area contributed by atoms with Gasteiger partial charge < -0.3 is 29.0 Å². The third-order valence-corrected chi connectivity index (χ3v) is 14.1. The van der Waals surface area contributed by atoms with Crippen molar-refractivity contribution in [1.29, 1.82) is 0 Å². The lowest BCUT2D eigenvalue weighted by Gasteiger charge is -2.50. The second-order valence-electron chi connectivity index (χ2n) is 18.0. The smallest absolute Gasteiger partial charge is 0.414 e. The number of amides is 2. The van der Waals surface area contributed by atoms with E-state index < -0.39 is 36.4 Å². The number of pyridine rings is 1. The molecule has 2 amide bonds. The van der Waals surface area contributed by atoms with Gasteiger partial charge in [-0.1, -0.05) is 71.7 Å². The monoisotopic (exact) mass is 971 g/mol. The fraction of sp³-hybridized carbons (Fsp3) is 0.373. The van der Waals surface area contributed by atoms with Crippen LogP contribution >= 0.6 is 23.2 Å². The van der Waals surface area contributed by atoms with E-state index in [1.165, 1.54) is 23.4 Å². The van der Waals surface area contributed by atoms with Crippen LogP contribution in [0.2, 0.25) is 10.0 Å². The number of carbonyl (C=O) groups excluding carboxylic acids is 2. The molecule has 10 rings (SSSR count). The summed E-state index contributed by atoms with van der Waals surface area (Å²) in [5, 5.41) is 20.7. The van der Waals surface area contributed by atoms with Crippen LogP contribution < -0.4 is 23.8 Å². The van der Waals surface area contributed by atoms with Gasteiger partial charge in [0.1, 0.15) is 28.5 Å². The molecule has 4 aliphatic heterocycles. The molecular formula is C51H51Cl2F2N4O9+. The number of carboxylic acid groups (broad SMARTS) is 1. The molecule has 5 aliphatic rings. The third-order valence-electron chi connectivity index (χ3n) is 13.4. The topological polar surface area (TPSA) is 142 Å². The van der Waals surface area contributed by atoms with Crippen LogP contribution in [0.3, 0.4) is 0 Å². The third kappa shape index (κ3) is 10.9. The van der Waals surface area contributed by atoms with Crippen molar-refractivity contribution in [1.82, 2.24) is 9.80 Å². The van der Waals surface area contributed by atoms with Gasteiger partial charge in [-0.05, 0) is 122 Å². The molecule has 68 heavy (non-hydrogen) atoms. The zero-order valence-corrected chi connectivity index (χ0v) is 38.5. The molecule has 1 aliphatic carbocycles. The summed E-state index contributed by atoms with van der Waals surface area (Å²) < 4.78 is 50.7. The van der Waals surface area contributed by atoms with Gasteiger partial charge in [-0.2, -0.15) is 8.78 Å². The molecule has 5 heterocycles. The number of carboxylic acids is 1. The van der Waals surface area contributed by atoms with Gasteiger partial charge in [-0.25, -0.2) is 4.79 Å². The number of halogens is 4. The normalized spacial score (nSPS) is 21.1. The number of alkyl halides is 2. The molecule has 17 heteroatoms. The Morgan fingerprint density at radius 3 is 2.15 bits per heavy atom. The fourth-order valence-electron chi connectivity index (χ4n) is 9.46. The first-order valence-corrected chi connectivity index (χ1v) is 23.5. The number of fused-ring (bicyclic) bond motifs is 3. The van der Waals surface area contributed by atoms with Gasteiger partial charge in [-0.15, -0.1) is 0 Å². The van der Waals surface area contributed by atoms with E-state index in [0.29, 0.717) is 39.6 Å². The van der Waals surface area contributed by atoms with Crippen LogP contribution in [0.15, 0.2) is 109 Å². The first-order chi connectivity index (χ1) is 32.9. The predicted molar refractivity (Wildman–Crippen MR) is 247 cm³/mol. The number of anilines is 1. The van der Waals surface area contributed by atoms with Gasteiger partial charge in [0.2, 0.25) is 12.4 Å². The van der Waals surface area contributed by atoms with Crippen LogP contribution in [0, 0.1) is 17.8 Å². The number of nitrogens with zero attached hydrogens (tertiary/aromatic N) is 4. The van der Waals surface area contributed by atoms with Gasteiger partial charge in [0.25, 0.3) is 5.91 Å². The van der Waals surface area contributed by atoms with E-state index in [0.717, 1.165) is 62.1 Å². The first kappa shape index (κ1) is 46.9. The van der Waals surface area contributed by atoms with Gasteiger partial charge in [-0.3, -0.25) is 24.6 Å². The van der Waals surface area contributed by atoms with E-state index >= 15 is 0 Å². The van der Waals surface area contributed by atoms with Gasteiger partial charge in [0.05, 0.1) is 25.1 Å². The highest BCUT2D eigenvalue weighted by Gasteiger charge is 2.51. The summed E-state index contributed by atoms with van der Waals surface area (Å²) in [6.07, 6.45) is 5.97. The molecule has 0 spiro atoms. The summed E-state index contributed by atoms with van der Waals surface area (Å²) in [5.41, 5.74) is 3.58. The quantitative estimate of drug-likeness (QED) is 0.0645. The fourth-order valence-corrected chi connectivity index (χ4v) is 10.1. The van der Waals surface area contributed by atoms with Gasteiger partial charge in [0, 0.05) is 40.6 Å². The number of aliphatic carboxylic acids is 1. The summed E-state index contributed by atoms with van der Waals surface area (Å²) in [6, 6.07) is 27.3. The van der Waals surface area contributed by atoms with E-state index in [1.54, 1.807) is 41.3 Å². The summed E-state index contributed by atoms with van der Waals surface area (Å²) in [4.78, 5) is 46.2. The van der Waals surface area contributed by atoms with Crippen molar-refractivity contribution >= 4 is 46.9 Å². The maximum Gasteiger partial charge on any atom is 0.414 e. The van der Waals surface area contributed by atoms with Crippen molar-refractivity contribution in [2.24, 2.45) is 17.8 Å². The highest BCUT2D eigenvalue weighted by atomic mass is 35.5. The molecule has 13 nitrogen and oxygen atoms in total. The molecule has 356 valence electrons. The number of rotatable bonds is 18. The van der Waals surface area contributed by atoms with E-state index in [4.69, 9.17) is 42.1 Å². The number of hydrogen-bond acceptors (Lipinski definition) is 9. The Morgan fingerprint density at radius 1 is 0.824 bits per heavy atom. The first-order valence-electron chi connectivity index (χ1n) is 22.8. The van der Waals surface area contributed by atoms with Crippen LogP contribution in [-0.2, 0) is 29.1 Å². The van der Waals surface area contributed by atoms with Crippen LogP contribution in [0.25, 0.3) is 0 Å². The lowest BCUT2D eigenvalue weighted by Crippen LogP contribution is -2.63. The van der Waals surface area contributed by atoms with E-state index in [1.807, 2.05) is 54.6 Å². The van der Waals surface area contributed by atoms with E-state index in [9.17, 15) is 33.5 Å². The SMILES string of the molecule is O=C(O)C1CN(C(=O)c2ccc(COc3ccc(CN(C(=O)O[C@H]4CN5CCC4CC5)c4ccccc4)cc3)cc2)C1[C@@H](Cc1c(Cl)c[n+](O)cc1Cl)c1ccc(OC(F)F)c(OCC2CC2)c1. The van der Waals surface area contributed by atoms with Crippen LogP contribution in [-0.4, -0.2) is 89.6 Å². The number of aromatic nitrogens is 1. The second kappa shape index (κ2) is 20.6. The number of likely N-dealkylation sites (tertiary alicyclic amines) is 1. The summed E-state index contributed by atoms with van der Waals surface area (Å²) in [6.45, 7) is 0.447. The molecule has 4 saturated heterocycles. The minimum atomic E-state index is -3.12. The summed E-state index contributed by atoms with van der Waals surface area (Å²) in [5.74, 6) is -2.19. The Morgan fingerprint density at radius 2 is 1.51 bits per heavy atom. The molecule has 2 bridgehead atoms. The minimum absolute atomic E-state index is 0.0166. The van der Waals surface area contributed by atoms with Gasteiger partial charge in [0.15, 0.2) is 11.5 Å². The molecule has 5 fully saturated rings. The summed E-state index contributed by atoms with van der Waals surface area (Å²) in [7, 11) is 0. The van der Waals surface area contributed by atoms with Crippen molar-refractivity contribution < 1.29 is 57.2 Å². The Hall–Kier alpha value is -6.16. The largest absolute Gasteiger partial charge is 0.489 e. The number of carbonyl (C=O) groups is 3. The molecule has 1 saturated carbocycles. The van der Waals surface area contributed by atoms with Crippen LogP contribution in [0.4, 0.5) is 19.3 Å². The average Bonchev–Trinajstić information content (AvgIpc) is 4.16. The second-order valence-corrected chi connectivity index (χ2v) is 18.8. The molecular weight excluding hydrogens is 921 g/mol. The number of benzene rings is 4. The lowest BCUT2D eigenvalue weighted by atomic mass is 9.73. The predicted octanol–water partition coefficient (Wildman–Crippen LogP) is 9.28. The molecule has 4 atom stereocenters. The van der Waals surface area contributed by atoms with Crippen molar-refractivity contribution in [2.45, 2.75) is 69.9 Å². The molecule has 5 aromatic rings. The molecule has 0 radical (unpaired) electrons. The maximum absolute atomic E-state index is 14.3. The Kier molecular flexibility index (Phi) is 14.2. The van der Waals surface area contributed by atoms with Crippen molar-refractivity contribution in [2.75, 3.05) is 37.7 Å². The highest BCUT2D eigenvalue weighted by Crippen LogP contribution is 2.44. The van der Waals surface area contributed by atoms with Crippen molar-refractivity contribution in [3.63, 3.8) is 0 Å². The van der Waals surface area contributed by atoms with Crippen molar-refractivity contribution in [3.05, 3.63) is 147 Å². The summed E-state index contributed by atoms with van der Waals surface area (Å²) >= 11 is 13.2. The van der Waals surface area contributed by atoms with Gasteiger partial charge >= 0.3 is 18.7 Å². The lowest BCUT2D eigenvalue weighted by molar-refractivity contribution is -0.904. The van der Waals surface area contributed by atoms with Crippen LogP contribution in [0.1, 0.15) is 64.2 Å². The zero-order valence-electron chi connectivity index (χ0n) is 37.0. The van der Waals surface area contributed by atoms with Crippen LogP contribution in [0.5, 0.6) is 17.2 Å². The molecule has 2 N–H and O–H groups in total. The number of piperidine rings is 3. The molecule has 4 aromatic carbocycles. The highest BCUT2D eigenvalue weighted by molar-refractivity contribution is 6.35. The molecule has 1 aromatic heterocycles. The Labute approximate surface area is 402 Å². The number of ether oxygens (including phenoxy) is 4. The molecule has 2 unspecified atom stereocenters. The van der Waals surface area contributed by atoms with E-state index in [-0.39, 0.29) is 65.8 Å². The standard InChI is InChI=1S/C51H50Cl2F2N4O9/c52-42-26-57(64)27-43(53)40(42)23-39(36-14-17-44(67-50(54)55)45(22-36)66-30-32-6-7-32)47-41(49(61)62)25-59(47)48(60)35-12-8-33(9-13-35)29-65-38-15-10-31(11-16-38)24-58(37-4-2-1-3-5-37)51(63)68-46-28-56-20-18-34(46)19-21-56/h1-5,8-17,22,26-27,32,34,39,41,46-47,50H,6-7,18-21,23-25,28-30H2,(H-,61,62,64)/p+1/t39-,41?,46-,47?/m0/s1. The Balaban J connectivity index is 0.888. The maximum atomic E-state index is 14.3.